The number of nitrogens with zero attached hydrogens (tertiary/aromatic N) is 2. The predicted octanol–water partition coefficient (Wildman–Crippen LogP) is 1.95. The van der Waals surface area contributed by atoms with E-state index in [4.69, 9.17) is 0 Å². The van der Waals surface area contributed by atoms with Gasteiger partial charge in [-0.2, -0.15) is 0 Å². The van der Waals surface area contributed by atoms with E-state index in [1.807, 2.05) is 42.5 Å². The van der Waals surface area contributed by atoms with Crippen LogP contribution >= 0.6 is 0 Å². The summed E-state index contributed by atoms with van der Waals surface area (Å²) in [5.41, 5.74) is 0.421. The summed E-state index contributed by atoms with van der Waals surface area (Å²) in [5, 5.41) is 11.9. The van der Waals surface area contributed by atoms with E-state index in [1.165, 1.54) is 17.4 Å². The first-order valence-electron chi connectivity index (χ1n) is 8.03. The summed E-state index contributed by atoms with van der Waals surface area (Å²) in [6, 6.07) is 13.8. The van der Waals surface area contributed by atoms with E-state index in [0.717, 1.165) is 16.3 Å². The summed E-state index contributed by atoms with van der Waals surface area (Å²) in [6.07, 6.45) is 1.77. The second kappa shape index (κ2) is 7.27. The van der Waals surface area contributed by atoms with Gasteiger partial charge < -0.3 is 15.0 Å². The zero-order chi connectivity index (χ0) is 17.8. The molecule has 0 unspecified atom stereocenters. The van der Waals surface area contributed by atoms with Crippen molar-refractivity contribution in [2.45, 2.75) is 19.6 Å². The number of carbonyl (C=O) groups is 1. The first-order valence-corrected chi connectivity index (χ1v) is 8.03. The van der Waals surface area contributed by atoms with Crippen LogP contribution in [0.4, 0.5) is 0 Å². The lowest BCUT2D eigenvalue weighted by Crippen LogP contribution is -2.38. The third-order valence-electron chi connectivity index (χ3n) is 3.96. The van der Waals surface area contributed by atoms with E-state index in [-0.39, 0.29) is 12.1 Å². The number of hydrogen-bond acceptors (Lipinski definition) is 4. The molecule has 0 saturated carbocycles. The fraction of sp³-hybridized carbons (Fsp3) is 0.211. The molecule has 6 nitrogen and oxygen atoms in total. The zero-order valence-electron chi connectivity index (χ0n) is 13.8. The molecule has 1 atom stereocenters. The number of hydrogen-bond donors (Lipinski definition) is 2. The lowest BCUT2D eigenvalue weighted by molar-refractivity contribution is 0.0629. The molecule has 0 bridgehead atoms. The molecule has 2 N–H and O–H groups in total. The van der Waals surface area contributed by atoms with Gasteiger partial charge in [-0.15, -0.1) is 0 Å². The van der Waals surface area contributed by atoms with Crippen molar-refractivity contribution >= 4 is 16.7 Å². The summed E-state index contributed by atoms with van der Waals surface area (Å²) in [6.45, 7) is 2.02. The summed E-state index contributed by atoms with van der Waals surface area (Å²) in [4.78, 5) is 32.4. The van der Waals surface area contributed by atoms with E-state index in [9.17, 15) is 14.7 Å². The van der Waals surface area contributed by atoms with Crippen LogP contribution < -0.4 is 5.56 Å². The van der Waals surface area contributed by atoms with Crippen LogP contribution in [0.5, 0.6) is 0 Å². The Hall–Kier alpha value is -2.99. The van der Waals surface area contributed by atoms with Crippen LogP contribution in [-0.4, -0.2) is 38.5 Å². The van der Waals surface area contributed by atoms with Gasteiger partial charge in [0.2, 0.25) is 0 Å². The molecule has 25 heavy (non-hydrogen) atoms. The van der Waals surface area contributed by atoms with Crippen LogP contribution in [0, 0.1) is 0 Å². The highest BCUT2D eigenvalue weighted by Crippen LogP contribution is 2.20. The Bertz CT molecular complexity index is 944. The first-order chi connectivity index (χ1) is 12.1. The van der Waals surface area contributed by atoms with E-state index >= 15 is 0 Å². The quantitative estimate of drug-likeness (QED) is 0.745. The molecular formula is C19H19N3O3. The molecule has 6 heteroatoms. The van der Waals surface area contributed by atoms with Gasteiger partial charge in [-0.1, -0.05) is 42.5 Å². The number of aromatic nitrogens is 2. The molecule has 1 heterocycles. The van der Waals surface area contributed by atoms with Crippen LogP contribution in [-0.2, 0) is 6.54 Å². The highest BCUT2D eigenvalue weighted by molar-refractivity contribution is 5.94. The van der Waals surface area contributed by atoms with E-state index in [0.29, 0.717) is 6.54 Å². The number of aliphatic hydroxyl groups excluding tert-OH is 1. The molecule has 3 aromatic rings. The molecule has 0 spiro atoms. The predicted molar refractivity (Wildman–Crippen MR) is 95.2 cm³/mol. The average Bonchev–Trinajstić information content (AvgIpc) is 2.61. The summed E-state index contributed by atoms with van der Waals surface area (Å²) < 4.78 is 0. The van der Waals surface area contributed by atoms with Crippen LogP contribution in [0.25, 0.3) is 10.8 Å². The Morgan fingerprint density at radius 3 is 2.76 bits per heavy atom. The number of fused-ring (bicyclic) bond motifs is 1. The normalized spacial score (nSPS) is 12.1. The maximum Gasteiger partial charge on any atom is 0.263 e. The van der Waals surface area contributed by atoms with Gasteiger partial charge in [0.25, 0.3) is 11.5 Å². The van der Waals surface area contributed by atoms with Crippen LogP contribution in [0.1, 0.15) is 22.8 Å². The molecular weight excluding hydrogens is 318 g/mol. The topological polar surface area (TPSA) is 86.3 Å². The SMILES string of the molecule is C[C@@H](O)CN(Cc1cccc2ccccc12)C(=O)c1cnc[nH]c1=O. The van der Waals surface area contributed by atoms with Gasteiger partial charge in [0.1, 0.15) is 5.56 Å². The minimum atomic E-state index is -0.713. The van der Waals surface area contributed by atoms with Gasteiger partial charge >= 0.3 is 0 Å². The Balaban J connectivity index is 1.97. The lowest BCUT2D eigenvalue weighted by Gasteiger charge is -2.24. The lowest BCUT2D eigenvalue weighted by atomic mass is 10.0. The van der Waals surface area contributed by atoms with Crippen LogP contribution in [0.15, 0.2) is 59.8 Å². The van der Waals surface area contributed by atoms with E-state index in [1.54, 1.807) is 6.92 Å². The number of H-pyrrole nitrogens is 1. The van der Waals surface area contributed by atoms with Crippen LogP contribution in [0.2, 0.25) is 0 Å². The monoisotopic (exact) mass is 337 g/mol. The Kier molecular flexibility index (Phi) is 4.90. The Morgan fingerprint density at radius 1 is 1.24 bits per heavy atom. The Morgan fingerprint density at radius 2 is 2.00 bits per heavy atom. The van der Waals surface area contributed by atoms with Gasteiger partial charge in [-0.3, -0.25) is 9.59 Å². The second-order valence-electron chi connectivity index (χ2n) is 5.97. The summed E-state index contributed by atoms with van der Waals surface area (Å²) in [5.74, 6) is -0.455. The van der Waals surface area contributed by atoms with Crippen molar-refractivity contribution in [3.8, 4) is 0 Å². The molecule has 2 aromatic carbocycles. The highest BCUT2D eigenvalue weighted by atomic mass is 16.3. The molecule has 0 aliphatic heterocycles. The van der Waals surface area contributed by atoms with Gasteiger partial charge in [0.15, 0.2) is 0 Å². The van der Waals surface area contributed by atoms with Crippen molar-refractivity contribution in [3.05, 3.63) is 76.5 Å². The number of amides is 1. The van der Waals surface area contributed by atoms with Crippen molar-refractivity contribution in [2.24, 2.45) is 0 Å². The van der Waals surface area contributed by atoms with Crippen molar-refractivity contribution in [1.82, 2.24) is 14.9 Å². The van der Waals surface area contributed by atoms with Gasteiger partial charge in [-0.05, 0) is 23.3 Å². The summed E-state index contributed by atoms with van der Waals surface area (Å²) >= 11 is 0. The smallest absolute Gasteiger partial charge is 0.263 e. The highest BCUT2D eigenvalue weighted by Gasteiger charge is 2.21. The van der Waals surface area contributed by atoms with E-state index < -0.39 is 17.6 Å². The van der Waals surface area contributed by atoms with Gasteiger partial charge in [0, 0.05) is 19.3 Å². The molecule has 0 saturated heterocycles. The molecule has 0 aliphatic rings. The number of benzene rings is 2. The molecule has 3 rings (SSSR count). The molecule has 1 amide bonds. The largest absolute Gasteiger partial charge is 0.392 e. The molecule has 128 valence electrons. The van der Waals surface area contributed by atoms with Gasteiger partial charge in [0.05, 0.1) is 12.4 Å². The molecule has 1 aromatic heterocycles. The third kappa shape index (κ3) is 3.75. The zero-order valence-corrected chi connectivity index (χ0v) is 13.8. The van der Waals surface area contributed by atoms with Crippen molar-refractivity contribution in [1.29, 1.82) is 0 Å². The number of aromatic amines is 1. The third-order valence-corrected chi connectivity index (χ3v) is 3.96. The minimum absolute atomic E-state index is 0.0385. The number of nitrogens with one attached hydrogen (secondary N) is 1. The number of carbonyl (C=O) groups excluding carboxylic acids is 1. The standard InChI is InChI=1S/C19H19N3O3/c1-13(23)10-22(19(25)17-9-20-12-21-18(17)24)11-15-7-4-6-14-5-2-3-8-16(14)15/h2-9,12-13,23H,10-11H2,1H3,(H,20,21,24)/t13-/m1/s1. The van der Waals surface area contributed by atoms with Crippen LogP contribution in [0.3, 0.4) is 0 Å². The molecule has 0 fully saturated rings. The van der Waals surface area contributed by atoms with Crippen molar-refractivity contribution in [3.63, 3.8) is 0 Å². The number of rotatable bonds is 5. The maximum atomic E-state index is 12.8. The molecule has 0 aliphatic carbocycles. The molecule has 0 radical (unpaired) electrons. The van der Waals surface area contributed by atoms with Crippen molar-refractivity contribution in [2.75, 3.05) is 6.54 Å². The van der Waals surface area contributed by atoms with Crippen molar-refractivity contribution < 1.29 is 9.90 Å². The number of aliphatic hydroxyl groups is 1. The Labute approximate surface area is 144 Å². The van der Waals surface area contributed by atoms with E-state index in [2.05, 4.69) is 9.97 Å². The minimum Gasteiger partial charge on any atom is -0.392 e. The maximum absolute atomic E-state index is 12.8. The first kappa shape index (κ1) is 16.9. The fourth-order valence-corrected chi connectivity index (χ4v) is 2.84. The van der Waals surface area contributed by atoms with Gasteiger partial charge in [-0.25, -0.2) is 4.98 Å². The average molecular weight is 337 g/mol. The summed E-state index contributed by atoms with van der Waals surface area (Å²) in [7, 11) is 0. The fourth-order valence-electron chi connectivity index (χ4n) is 2.84. The second-order valence-corrected chi connectivity index (χ2v) is 5.97.